The zero-order valence-corrected chi connectivity index (χ0v) is 13.2. The number of anilines is 1. The van der Waals surface area contributed by atoms with Crippen LogP contribution in [0.25, 0.3) is 0 Å². The lowest BCUT2D eigenvalue weighted by Crippen LogP contribution is -2.30. The second kappa shape index (κ2) is 6.56. The number of carbonyl (C=O) groups excluding carboxylic acids is 1. The third kappa shape index (κ3) is 3.61. The van der Waals surface area contributed by atoms with Crippen molar-refractivity contribution >= 4 is 33.5 Å². The highest BCUT2D eigenvalue weighted by atomic mass is 79.9. The molecule has 0 aliphatic heterocycles. The molecule has 6 heteroatoms. The average Bonchev–Trinajstić information content (AvgIpc) is 2.87. The molecule has 0 bridgehead atoms. The van der Waals surface area contributed by atoms with Gasteiger partial charge >= 0.3 is 5.97 Å². The first-order chi connectivity index (χ1) is 9.92. The van der Waals surface area contributed by atoms with E-state index in [0.29, 0.717) is 17.3 Å². The Hall–Kier alpha value is -1.43. The first kappa shape index (κ1) is 15.9. The van der Waals surface area contributed by atoms with Crippen LogP contribution < -0.4 is 5.32 Å². The Bertz CT molecular complexity index is 564. The summed E-state index contributed by atoms with van der Waals surface area (Å²) < 4.78 is 14.3. The van der Waals surface area contributed by atoms with Gasteiger partial charge in [-0.1, -0.05) is 29.3 Å². The van der Waals surface area contributed by atoms with Crippen LogP contribution in [0.5, 0.6) is 0 Å². The molecule has 1 saturated carbocycles. The number of hydrogen-bond donors (Lipinski definition) is 2. The number of amides is 1. The molecule has 1 aromatic carbocycles. The van der Waals surface area contributed by atoms with Crippen molar-refractivity contribution in [3.8, 4) is 0 Å². The van der Waals surface area contributed by atoms with Crippen LogP contribution in [-0.2, 0) is 9.59 Å². The van der Waals surface area contributed by atoms with E-state index in [-0.39, 0.29) is 11.6 Å². The summed E-state index contributed by atoms with van der Waals surface area (Å²) in [7, 11) is 0. The van der Waals surface area contributed by atoms with Gasteiger partial charge in [-0.05, 0) is 37.0 Å². The van der Waals surface area contributed by atoms with Crippen LogP contribution in [0.15, 0.2) is 22.7 Å². The van der Waals surface area contributed by atoms with Crippen LogP contribution in [0, 0.1) is 23.6 Å². The molecular formula is C15H17BrFNO3. The lowest BCUT2D eigenvalue weighted by atomic mass is 9.95. The topological polar surface area (TPSA) is 66.4 Å². The molecule has 0 radical (unpaired) electrons. The van der Waals surface area contributed by atoms with E-state index < -0.39 is 29.5 Å². The highest BCUT2D eigenvalue weighted by Crippen LogP contribution is 2.39. The van der Waals surface area contributed by atoms with Crippen molar-refractivity contribution in [2.45, 2.75) is 26.2 Å². The van der Waals surface area contributed by atoms with Crippen molar-refractivity contribution in [2.75, 3.05) is 5.32 Å². The fraction of sp³-hybridized carbons (Fsp3) is 0.467. The Morgan fingerprint density at radius 2 is 2.05 bits per heavy atom. The number of carboxylic acid groups (broad SMARTS) is 1. The van der Waals surface area contributed by atoms with Gasteiger partial charge in [0.25, 0.3) is 0 Å². The van der Waals surface area contributed by atoms with Crippen molar-refractivity contribution in [2.24, 2.45) is 17.8 Å². The average molecular weight is 358 g/mol. The normalized spacial score (nSPS) is 24.8. The van der Waals surface area contributed by atoms with Crippen LogP contribution in [-0.4, -0.2) is 17.0 Å². The molecule has 0 aromatic heterocycles. The van der Waals surface area contributed by atoms with Gasteiger partial charge in [0.1, 0.15) is 5.82 Å². The fourth-order valence-corrected chi connectivity index (χ4v) is 3.22. The minimum Gasteiger partial charge on any atom is -0.481 e. The number of nitrogens with one attached hydrogen (secondary N) is 1. The summed E-state index contributed by atoms with van der Waals surface area (Å²) in [5.41, 5.74) is 0.0680. The Morgan fingerprint density at radius 1 is 1.38 bits per heavy atom. The molecule has 3 unspecified atom stereocenters. The highest BCUT2D eigenvalue weighted by Gasteiger charge is 2.42. The second-order valence-corrected chi connectivity index (χ2v) is 6.33. The van der Waals surface area contributed by atoms with E-state index in [1.165, 1.54) is 18.2 Å². The van der Waals surface area contributed by atoms with Crippen LogP contribution in [0.2, 0.25) is 0 Å². The number of aliphatic carboxylic acids is 1. The summed E-state index contributed by atoms with van der Waals surface area (Å²) in [6.45, 7) is 1.98. The van der Waals surface area contributed by atoms with Gasteiger partial charge in [-0.15, -0.1) is 0 Å². The Kier molecular flexibility index (Phi) is 4.98. The van der Waals surface area contributed by atoms with Crippen molar-refractivity contribution < 1.29 is 19.1 Å². The summed E-state index contributed by atoms with van der Waals surface area (Å²) in [5, 5.41) is 11.8. The zero-order valence-electron chi connectivity index (χ0n) is 11.6. The van der Waals surface area contributed by atoms with Gasteiger partial charge in [-0.25, -0.2) is 4.39 Å². The van der Waals surface area contributed by atoms with E-state index in [9.17, 15) is 19.1 Å². The molecule has 3 atom stereocenters. The van der Waals surface area contributed by atoms with E-state index >= 15 is 0 Å². The number of carbonyl (C=O) groups is 2. The van der Waals surface area contributed by atoms with E-state index in [4.69, 9.17) is 0 Å². The summed E-state index contributed by atoms with van der Waals surface area (Å²) in [6, 6.07) is 4.25. The monoisotopic (exact) mass is 357 g/mol. The summed E-state index contributed by atoms with van der Waals surface area (Å²) in [4.78, 5) is 23.6. The summed E-state index contributed by atoms with van der Waals surface area (Å²) in [5.74, 6) is -2.98. The van der Waals surface area contributed by atoms with Crippen molar-refractivity contribution in [1.82, 2.24) is 0 Å². The number of benzene rings is 1. The molecule has 0 heterocycles. The molecule has 2 N–H and O–H groups in total. The molecule has 21 heavy (non-hydrogen) atoms. The highest BCUT2D eigenvalue weighted by molar-refractivity contribution is 9.10. The Balaban J connectivity index is 2.15. The predicted molar refractivity (Wildman–Crippen MR) is 80.4 cm³/mol. The summed E-state index contributed by atoms with van der Waals surface area (Å²) >= 11 is 3.21. The van der Waals surface area contributed by atoms with Crippen LogP contribution in [0.4, 0.5) is 10.1 Å². The minimum absolute atomic E-state index is 0.0680. The van der Waals surface area contributed by atoms with Gasteiger partial charge < -0.3 is 10.4 Å². The predicted octanol–water partition coefficient (Wildman–Crippen LogP) is 3.66. The number of carboxylic acids is 1. The molecule has 1 aliphatic rings. The molecule has 1 aromatic rings. The smallest absolute Gasteiger partial charge is 0.307 e. The van der Waals surface area contributed by atoms with Crippen LogP contribution in [0.3, 0.4) is 0 Å². The number of hydrogen-bond acceptors (Lipinski definition) is 2. The standard InChI is InChI=1S/C15H17BrFNO3/c1-2-8-5-10(11(6-8)15(20)21)14(19)18-13-7-9(16)3-4-12(13)17/h3-4,7-8,10-11H,2,5-6H2,1H3,(H,18,19)(H,20,21). The van der Waals surface area contributed by atoms with Gasteiger partial charge in [0.15, 0.2) is 0 Å². The van der Waals surface area contributed by atoms with E-state index in [0.717, 1.165) is 6.42 Å². The third-order valence-electron chi connectivity index (χ3n) is 4.08. The molecule has 0 spiro atoms. The fourth-order valence-electron chi connectivity index (χ4n) is 2.86. The van der Waals surface area contributed by atoms with Crippen molar-refractivity contribution in [1.29, 1.82) is 0 Å². The van der Waals surface area contributed by atoms with Gasteiger partial charge in [-0.2, -0.15) is 0 Å². The zero-order chi connectivity index (χ0) is 15.6. The van der Waals surface area contributed by atoms with Crippen molar-refractivity contribution in [3.63, 3.8) is 0 Å². The molecular weight excluding hydrogens is 341 g/mol. The molecule has 1 amide bonds. The van der Waals surface area contributed by atoms with Crippen LogP contribution >= 0.6 is 15.9 Å². The number of halogens is 2. The minimum atomic E-state index is -0.958. The Morgan fingerprint density at radius 3 is 2.67 bits per heavy atom. The molecule has 1 aliphatic carbocycles. The van der Waals surface area contributed by atoms with E-state index in [1.807, 2.05) is 6.92 Å². The van der Waals surface area contributed by atoms with E-state index in [2.05, 4.69) is 21.2 Å². The van der Waals surface area contributed by atoms with Gasteiger partial charge in [0, 0.05) is 4.47 Å². The Labute approximate surface area is 130 Å². The SMILES string of the molecule is CCC1CC(C(=O)O)C(C(=O)Nc2cc(Br)ccc2F)C1. The molecule has 4 nitrogen and oxygen atoms in total. The van der Waals surface area contributed by atoms with Crippen molar-refractivity contribution in [3.05, 3.63) is 28.5 Å². The molecule has 0 saturated heterocycles. The first-order valence-corrected chi connectivity index (χ1v) is 7.70. The van der Waals surface area contributed by atoms with Gasteiger partial charge in [0.05, 0.1) is 17.5 Å². The second-order valence-electron chi connectivity index (χ2n) is 5.41. The summed E-state index contributed by atoms with van der Waals surface area (Å²) in [6.07, 6.45) is 1.89. The third-order valence-corrected chi connectivity index (χ3v) is 4.57. The maximum Gasteiger partial charge on any atom is 0.307 e. The lowest BCUT2D eigenvalue weighted by molar-refractivity contribution is -0.145. The quantitative estimate of drug-likeness (QED) is 0.863. The molecule has 2 rings (SSSR count). The van der Waals surface area contributed by atoms with E-state index in [1.54, 1.807) is 0 Å². The first-order valence-electron chi connectivity index (χ1n) is 6.91. The molecule has 1 fully saturated rings. The molecule has 114 valence electrons. The van der Waals surface area contributed by atoms with Gasteiger partial charge in [-0.3, -0.25) is 9.59 Å². The maximum absolute atomic E-state index is 13.7. The number of rotatable bonds is 4. The van der Waals surface area contributed by atoms with Crippen LogP contribution in [0.1, 0.15) is 26.2 Å². The lowest BCUT2D eigenvalue weighted by Gasteiger charge is -2.16. The maximum atomic E-state index is 13.7. The van der Waals surface area contributed by atoms with Gasteiger partial charge in [0.2, 0.25) is 5.91 Å². The largest absolute Gasteiger partial charge is 0.481 e.